The summed E-state index contributed by atoms with van der Waals surface area (Å²) in [5.74, 6) is 0.308. The molecule has 0 bridgehead atoms. The first-order chi connectivity index (χ1) is 15.1. The highest BCUT2D eigenvalue weighted by atomic mass is 16.1. The third-order valence-electron chi connectivity index (χ3n) is 4.92. The standard InChI is InChI=1S/C25H21N3O3/c29-23(15-7-14-22-27-21-13-5-4-12-20(21)25(31)28-22)26-19-11-6-10-18(16-19)24(30)17-8-2-1-3-9-17/h1-6,8-13,16H,7,14-15H2,(H,26,29)(H,27,28,31). The molecular formula is C25H21N3O3. The highest BCUT2D eigenvalue weighted by Gasteiger charge is 2.10. The summed E-state index contributed by atoms with van der Waals surface area (Å²) in [7, 11) is 0. The lowest BCUT2D eigenvalue weighted by molar-refractivity contribution is -0.116. The van der Waals surface area contributed by atoms with E-state index in [2.05, 4.69) is 15.3 Å². The van der Waals surface area contributed by atoms with E-state index >= 15 is 0 Å². The fourth-order valence-corrected chi connectivity index (χ4v) is 3.39. The summed E-state index contributed by atoms with van der Waals surface area (Å²) in [5, 5.41) is 3.38. The van der Waals surface area contributed by atoms with Gasteiger partial charge in [0.15, 0.2) is 5.78 Å². The van der Waals surface area contributed by atoms with Crippen LogP contribution in [0.2, 0.25) is 0 Å². The van der Waals surface area contributed by atoms with Gasteiger partial charge in [0, 0.05) is 29.7 Å². The van der Waals surface area contributed by atoms with E-state index in [-0.39, 0.29) is 23.7 Å². The number of amides is 1. The molecule has 4 aromatic rings. The second-order valence-corrected chi connectivity index (χ2v) is 7.21. The number of anilines is 1. The first kappa shape index (κ1) is 20.2. The number of benzene rings is 3. The number of ketones is 1. The van der Waals surface area contributed by atoms with Crippen molar-refractivity contribution in [2.75, 3.05) is 5.32 Å². The van der Waals surface area contributed by atoms with Crippen molar-refractivity contribution in [3.05, 3.63) is 106 Å². The number of carbonyl (C=O) groups excluding carboxylic acids is 2. The van der Waals surface area contributed by atoms with Gasteiger partial charge in [0.1, 0.15) is 5.82 Å². The van der Waals surface area contributed by atoms with Crippen molar-refractivity contribution >= 4 is 28.3 Å². The number of H-pyrrole nitrogens is 1. The first-order valence-corrected chi connectivity index (χ1v) is 10.1. The Bertz CT molecular complexity index is 1300. The van der Waals surface area contributed by atoms with Crippen molar-refractivity contribution in [3.8, 4) is 0 Å². The number of rotatable bonds is 7. The van der Waals surface area contributed by atoms with Crippen LogP contribution in [0.4, 0.5) is 5.69 Å². The molecule has 6 heteroatoms. The normalized spacial score (nSPS) is 10.7. The van der Waals surface area contributed by atoms with Crippen LogP contribution in [0.15, 0.2) is 83.7 Å². The molecule has 2 N–H and O–H groups in total. The molecule has 0 fully saturated rings. The largest absolute Gasteiger partial charge is 0.326 e. The second kappa shape index (κ2) is 9.17. The Morgan fingerprint density at radius 2 is 1.61 bits per heavy atom. The smallest absolute Gasteiger partial charge is 0.258 e. The number of aryl methyl sites for hydroxylation is 1. The van der Waals surface area contributed by atoms with Crippen molar-refractivity contribution in [2.24, 2.45) is 0 Å². The van der Waals surface area contributed by atoms with E-state index in [1.54, 1.807) is 54.6 Å². The molecule has 3 aromatic carbocycles. The molecular weight excluding hydrogens is 390 g/mol. The second-order valence-electron chi connectivity index (χ2n) is 7.21. The van der Waals surface area contributed by atoms with Gasteiger partial charge in [-0.1, -0.05) is 54.6 Å². The lowest BCUT2D eigenvalue weighted by atomic mass is 10.0. The SMILES string of the molecule is O=C(CCCc1nc2ccccc2c(=O)[nH]1)Nc1cccc(C(=O)c2ccccc2)c1. The average molecular weight is 411 g/mol. The molecule has 6 nitrogen and oxygen atoms in total. The quantitative estimate of drug-likeness (QED) is 0.448. The van der Waals surface area contributed by atoms with E-state index in [1.807, 2.05) is 24.3 Å². The Balaban J connectivity index is 1.35. The third kappa shape index (κ3) is 4.93. The van der Waals surface area contributed by atoms with Crippen LogP contribution in [0.25, 0.3) is 10.9 Å². The zero-order chi connectivity index (χ0) is 21.6. The molecule has 0 aliphatic rings. The molecule has 0 saturated heterocycles. The fraction of sp³-hybridized carbons (Fsp3) is 0.120. The molecule has 1 amide bonds. The van der Waals surface area contributed by atoms with E-state index < -0.39 is 0 Å². The van der Waals surface area contributed by atoms with Crippen molar-refractivity contribution in [1.29, 1.82) is 0 Å². The Hall–Kier alpha value is -4.06. The number of aromatic nitrogens is 2. The zero-order valence-corrected chi connectivity index (χ0v) is 16.8. The Labute approximate surface area is 179 Å². The number of aromatic amines is 1. The van der Waals surface area contributed by atoms with E-state index in [4.69, 9.17) is 0 Å². The van der Waals surface area contributed by atoms with Crippen LogP contribution in [-0.4, -0.2) is 21.7 Å². The molecule has 1 heterocycles. The highest BCUT2D eigenvalue weighted by molar-refractivity contribution is 6.09. The van der Waals surface area contributed by atoms with Gasteiger partial charge in [0.25, 0.3) is 5.56 Å². The zero-order valence-electron chi connectivity index (χ0n) is 16.8. The van der Waals surface area contributed by atoms with Crippen LogP contribution in [0.1, 0.15) is 34.6 Å². The molecule has 0 unspecified atom stereocenters. The summed E-state index contributed by atoms with van der Waals surface area (Å²) < 4.78 is 0. The van der Waals surface area contributed by atoms with Gasteiger partial charge >= 0.3 is 0 Å². The van der Waals surface area contributed by atoms with Crippen LogP contribution in [0, 0.1) is 0 Å². The van der Waals surface area contributed by atoms with E-state index in [9.17, 15) is 14.4 Å². The Kier molecular flexibility index (Phi) is 5.98. The van der Waals surface area contributed by atoms with Gasteiger partial charge < -0.3 is 10.3 Å². The summed E-state index contributed by atoms with van der Waals surface area (Å²) in [6.45, 7) is 0. The van der Waals surface area contributed by atoms with Crippen molar-refractivity contribution in [3.63, 3.8) is 0 Å². The number of carbonyl (C=O) groups is 2. The molecule has 0 aliphatic heterocycles. The van der Waals surface area contributed by atoms with Crippen LogP contribution in [-0.2, 0) is 11.2 Å². The lowest BCUT2D eigenvalue weighted by Crippen LogP contribution is -2.14. The summed E-state index contributed by atoms with van der Waals surface area (Å²) in [4.78, 5) is 44.3. The number of hydrogen-bond acceptors (Lipinski definition) is 4. The predicted molar refractivity (Wildman–Crippen MR) is 120 cm³/mol. The summed E-state index contributed by atoms with van der Waals surface area (Å²) >= 11 is 0. The van der Waals surface area contributed by atoms with Gasteiger partial charge in [0.05, 0.1) is 10.9 Å². The number of hydrogen-bond donors (Lipinski definition) is 2. The number of para-hydroxylation sites is 1. The Morgan fingerprint density at radius 3 is 2.45 bits per heavy atom. The molecule has 0 radical (unpaired) electrons. The monoisotopic (exact) mass is 411 g/mol. The number of nitrogens with one attached hydrogen (secondary N) is 2. The fourth-order valence-electron chi connectivity index (χ4n) is 3.39. The van der Waals surface area contributed by atoms with Gasteiger partial charge in [-0.15, -0.1) is 0 Å². The van der Waals surface area contributed by atoms with Crippen molar-refractivity contribution in [2.45, 2.75) is 19.3 Å². The number of nitrogens with zero attached hydrogens (tertiary/aromatic N) is 1. The maximum absolute atomic E-state index is 12.6. The molecule has 1 aromatic heterocycles. The predicted octanol–water partition coefficient (Wildman–Crippen LogP) is 4.12. The van der Waals surface area contributed by atoms with Crippen molar-refractivity contribution < 1.29 is 9.59 Å². The van der Waals surface area contributed by atoms with Crippen LogP contribution >= 0.6 is 0 Å². The molecule has 0 atom stereocenters. The van der Waals surface area contributed by atoms with Gasteiger partial charge in [-0.2, -0.15) is 0 Å². The molecule has 0 saturated carbocycles. The highest BCUT2D eigenvalue weighted by Crippen LogP contribution is 2.16. The van der Waals surface area contributed by atoms with Crippen molar-refractivity contribution in [1.82, 2.24) is 9.97 Å². The van der Waals surface area contributed by atoms with Crippen LogP contribution < -0.4 is 10.9 Å². The third-order valence-corrected chi connectivity index (χ3v) is 4.92. The van der Waals surface area contributed by atoms with Gasteiger partial charge in [-0.05, 0) is 30.7 Å². The maximum atomic E-state index is 12.6. The minimum atomic E-state index is -0.176. The first-order valence-electron chi connectivity index (χ1n) is 10.1. The van der Waals surface area contributed by atoms with Gasteiger partial charge in [0.2, 0.25) is 5.91 Å². The minimum Gasteiger partial charge on any atom is -0.326 e. The minimum absolute atomic E-state index is 0.0944. The van der Waals surface area contributed by atoms with Gasteiger partial charge in [-0.25, -0.2) is 4.98 Å². The van der Waals surface area contributed by atoms with Gasteiger partial charge in [-0.3, -0.25) is 14.4 Å². The lowest BCUT2D eigenvalue weighted by Gasteiger charge is -2.08. The van der Waals surface area contributed by atoms with E-state index in [1.165, 1.54) is 0 Å². The summed E-state index contributed by atoms with van der Waals surface area (Å²) in [5.41, 5.74) is 2.16. The topological polar surface area (TPSA) is 91.9 Å². The Morgan fingerprint density at radius 1 is 0.871 bits per heavy atom. The summed E-state index contributed by atoms with van der Waals surface area (Å²) in [6.07, 6.45) is 1.29. The molecule has 31 heavy (non-hydrogen) atoms. The number of fused-ring (bicyclic) bond motifs is 1. The molecule has 4 rings (SSSR count). The molecule has 0 spiro atoms. The summed E-state index contributed by atoms with van der Waals surface area (Å²) in [6, 6.07) is 23.1. The molecule has 0 aliphatic carbocycles. The van der Waals surface area contributed by atoms with Crippen LogP contribution in [0.3, 0.4) is 0 Å². The average Bonchev–Trinajstić information content (AvgIpc) is 2.79. The molecule has 154 valence electrons. The van der Waals surface area contributed by atoms with E-state index in [0.29, 0.717) is 46.4 Å². The maximum Gasteiger partial charge on any atom is 0.258 e. The van der Waals surface area contributed by atoms with E-state index in [0.717, 1.165) is 0 Å². The van der Waals surface area contributed by atoms with Crippen LogP contribution in [0.5, 0.6) is 0 Å².